The first-order valence-corrected chi connectivity index (χ1v) is 24.0. The maximum atomic E-state index is 5.89. The van der Waals surface area contributed by atoms with Gasteiger partial charge in [0.1, 0.15) is 23.0 Å². The van der Waals surface area contributed by atoms with Gasteiger partial charge in [-0.05, 0) is 129 Å². The number of hydrogen-bond acceptors (Lipinski definition) is 4. The summed E-state index contributed by atoms with van der Waals surface area (Å²) in [6, 6.07) is 33.6. The van der Waals surface area contributed by atoms with Gasteiger partial charge in [-0.3, -0.25) is 0 Å². The Bertz CT molecular complexity index is 1540. The summed E-state index contributed by atoms with van der Waals surface area (Å²) in [5.41, 5.74) is 5.40. The highest BCUT2D eigenvalue weighted by Crippen LogP contribution is 2.29. The first-order valence-electron chi connectivity index (χ1n) is 24.0. The SMILES string of the molecule is CCCCc1ccccc1OC(C)CC.CCCCc1ccccc1OCC(C)C.CCCOc1ccccc1C(C)CCC.CCCOc1ccccc1CC(C)CC. The quantitative estimate of drug-likeness (QED) is 0.0705. The van der Waals surface area contributed by atoms with Gasteiger partial charge in [-0.2, -0.15) is 0 Å². The summed E-state index contributed by atoms with van der Waals surface area (Å²) in [6.07, 6.45) is 15.5. The first kappa shape index (κ1) is 54.1. The molecule has 3 unspecified atom stereocenters. The molecule has 0 bridgehead atoms. The minimum absolute atomic E-state index is 0.313. The van der Waals surface area contributed by atoms with Crippen molar-refractivity contribution in [1.29, 1.82) is 0 Å². The summed E-state index contributed by atoms with van der Waals surface area (Å²) in [5, 5.41) is 0. The molecular weight excluding hydrogens is 737 g/mol. The van der Waals surface area contributed by atoms with Gasteiger partial charge in [0.25, 0.3) is 0 Å². The average Bonchev–Trinajstić information content (AvgIpc) is 3.27. The lowest BCUT2D eigenvalue weighted by atomic mass is 9.96. The maximum Gasteiger partial charge on any atom is 0.122 e. The van der Waals surface area contributed by atoms with Crippen molar-refractivity contribution in [3.8, 4) is 23.0 Å². The number of rotatable bonds is 24. The molecule has 4 heteroatoms. The van der Waals surface area contributed by atoms with E-state index in [4.69, 9.17) is 18.9 Å². The number of unbranched alkanes of at least 4 members (excludes halogenated alkanes) is 2. The van der Waals surface area contributed by atoms with E-state index >= 15 is 0 Å². The Balaban J connectivity index is 0.000000400. The molecule has 4 rings (SSSR count). The topological polar surface area (TPSA) is 36.9 Å². The van der Waals surface area contributed by atoms with E-state index in [0.717, 1.165) is 87.3 Å². The second-order valence-corrected chi connectivity index (χ2v) is 16.7. The number of ether oxygens (including phenoxy) is 4. The summed E-state index contributed by atoms with van der Waals surface area (Å²) in [6.45, 7) is 28.8. The van der Waals surface area contributed by atoms with Crippen LogP contribution in [0.3, 0.4) is 0 Å². The van der Waals surface area contributed by atoms with Crippen molar-refractivity contribution in [1.82, 2.24) is 0 Å². The molecule has 0 aliphatic carbocycles. The lowest BCUT2D eigenvalue weighted by molar-refractivity contribution is 0.215. The Labute approximate surface area is 370 Å². The molecule has 0 heterocycles. The molecule has 0 saturated heterocycles. The predicted molar refractivity (Wildman–Crippen MR) is 262 cm³/mol. The van der Waals surface area contributed by atoms with Gasteiger partial charge in [-0.15, -0.1) is 0 Å². The van der Waals surface area contributed by atoms with E-state index in [0.29, 0.717) is 17.9 Å². The van der Waals surface area contributed by atoms with Gasteiger partial charge in [0.2, 0.25) is 0 Å². The van der Waals surface area contributed by atoms with Gasteiger partial charge >= 0.3 is 0 Å². The van der Waals surface area contributed by atoms with E-state index in [-0.39, 0.29) is 0 Å². The third kappa shape index (κ3) is 23.8. The third-order valence-corrected chi connectivity index (χ3v) is 10.4. The van der Waals surface area contributed by atoms with Crippen LogP contribution in [0.25, 0.3) is 0 Å². The van der Waals surface area contributed by atoms with E-state index < -0.39 is 0 Å². The summed E-state index contributed by atoms with van der Waals surface area (Å²) in [7, 11) is 0. The van der Waals surface area contributed by atoms with Gasteiger partial charge < -0.3 is 18.9 Å². The van der Waals surface area contributed by atoms with Crippen LogP contribution in [0, 0.1) is 11.8 Å². The van der Waals surface area contributed by atoms with E-state index in [1.807, 2.05) is 24.3 Å². The molecule has 0 N–H and O–H groups in total. The van der Waals surface area contributed by atoms with Crippen LogP contribution in [0.15, 0.2) is 97.1 Å². The van der Waals surface area contributed by atoms with Crippen molar-refractivity contribution >= 4 is 0 Å². The van der Waals surface area contributed by atoms with Crippen LogP contribution in [0.4, 0.5) is 0 Å². The van der Waals surface area contributed by atoms with Crippen molar-refractivity contribution in [2.24, 2.45) is 11.8 Å². The number of hydrogen-bond donors (Lipinski definition) is 0. The molecule has 3 atom stereocenters. The fourth-order valence-corrected chi connectivity index (χ4v) is 6.33. The molecule has 4 nitrogen and oxygen atoms in total. The fourth-order valence-electron chi connectivity index (χ4n) is 6.33. The zero-order valence-corrected chi connectivity index (χ0v) is 40.5. The van der Waals surface area contributed by atoms with Crippen LogP contribution in [0.2, 0.25) is 0 Å². The summed E-state index contributed by atoms with van der Waals surface area (Å²) >= 11 is 0. The smallest absolute Gasteiger partial charge is 0.122 e. The molecule has 0 aliphatic rings. The van der Waals surface area contributed by atoms with E-state index in [2.05, 4.69) is 156 Å². The van der Waals surface area contributed by atoms with Gasteiger partial charge in [0.15, 0.2) is 0 Å². The lowest BCUT2D eigenvalue weighted by Crippen LogP contribution is -2.11. The molecule has 0 aliphatic heterocycles. The molecule has 4 aromatic rings. The first-order chi connectivity index (χ1) is 29.1. The lowest BCUT2D eigenvalue weighted by Gasteiger charge is -2.16. The third-order valence-electron chi connectivity index (χ3n) is 10.4. The van der Waals surface area contributed by atoms with Gasteiger partial charge in [0, 0.05) is 0 Å². The van der Waals surface area contributed by atoms with Gasteiger partial charge in [-0.25, -0.2) is 0 Å². The van der Waals surface area contributed by atoms with Crippen LogP contribution < -0.4 is 18.9 Å². The van der Waals surface area contributed by atoms with Crippen molar-refractivity contribution in [3.63, 3.8) is 0 Å². The Morgan fingerprint density at radius 2 is 0.917 bits per heavy atom. The largest absolute Gasteiger partial charge is 0.493 e. The van der Waals surface area contributed by atoms with Crippen LogP contribution in [-0.4, -0.2) is 25.9 Å². The Hall–Kier alpha value is -3.92. The second-order valence-electron chi connectivity index (χ2n) is 16.7. The molecule has 0 radical (unpaired) electrons. The molecule has 0 aromatic heterocycles. The normalized spacial score (nSPS) is 12.0. The molecule has 336 valence electrons. The van der Waals surface area contributed by atoms with Gasteiger partial charge in [-0.1, -0.05) is 175 Å². The Morgan fingerprint density at radius 1 is 0.450 bits per heavy atom. The van der Waals surface area contributed by atoms with Gasteiger partial charge in [0.05, 0.1) is 25.9 Å². The van der Waals surface area contributed by atoms with E-state index in [9.17, 15) is 0 Å². The zero-order valence-electron chi connectivity index (χ0n) is 40.5. The molecule has 4 aromatic carbocycles. The monoisotopic (exact) mass is 825 g/mol. The second kappa shape index (κ2) is 34.8. The Kier molecular flexibility index (Phi) is 31.3. The number of para-hydroxylation sites is 4. The van der Waals surface area contributed by atoms with Crippen LogP contribution >= 0.6 is 0 Å². The molecule has 0 spiro atoms. The highest BCUT2D eigenvalue weighted by atomic mass is 16.5. The van der Waals surface area contributed by atoms with Crippen molar-refractivity contribution in [3.05, 3.63) is 119 Å². The van der Waals surface area contributed by atoms with Crippen molar-refractivity contribution < 1.29 is 18.9 Å². The molecule has 0 saturated carbocycles. The Morgan fingerprint density at radius 3 is 1.42 bits per heavy atom. The van der Waals surface area contributed by atoms with E-state index in [1.165, 1.54) is 67.2 Å². The average molecular weight is 825 g/mol. The number of benzene rings is 4. The van der Waals surface area contributed by atoms with Crippen molar-refractivity contribution in [2.75, 3.05) is 19.8 Å². The van der Waals surface area contributed by atoms with Crippen LogP contribution in [-0.2, 0) is 19.3 Å². The molecule has 0 amide bonds. The van der Waals surface area contributed by atoms with E-state index in [1.54, 1.807) is 0 Å². The fraction of sp³-hybridized carbons (Fsp3) is 0.571. The maximum absolute atomic E-state index is 5.89. The summed E-state index contributed by atoms with van der Waals surface area (Å²) in [5.74, 6) is 6.20. The van der Waals surface area contributed by atoms with Crippen molar-refractivity contribution in [2.45, 2.75) is 179 Å². The van der Waals surface area contributed by atoms with Crippen LogP contribution in [0.1, 0.15) is 175 Å². The highest BCUT2D eigenvalue weighted by Gasteiger charge is 2.11. The molecular formula is C56H88O4. The summed E-state index contributed by atoms with van der Waals surface area (Å²) in [4.78, 5) is 0. The molecule has 60 heavy (non-hydrogen) atoms. The summed E-state index contributed by atoms with van der Waals surface area (Å²) < 4.78 is 23.2. The minimum atomic E-state index is 0.313. The minimum Gasteiger partial charge on any atom is -0.493 e. The number of aryl methyl sites for hydroxylation is 2. The molecule has 0 fully saturated rings. The van der Waals surface area contributed by atoms with Crippen LogP contribution in [0.5, 0.6) is 23.0 Å². The standard InChI is InChI=1S/4C14H22O/c1-4-5-8-13-9-6-7-10-14(13)15-11-12(2)3;1-4-10-15-14-9-7-6-8-13(14)11-12(3)5-2;1-4-8-12(3)13-9-6-7-10-14(13)15-11-5-2;1-4-6-9-13-10-7-8-11-14(13)15-12(3)5-2/h6-7,9-10,12H,4-5,8,11H2,1-3H3;6-9,12H,4-5,10-11H2,1-3H3;6-7,9-10,12H,4-5,8,11H2,1-3H3;7-8,10-12H,4-6,9H2,1-3H3. The zero-order chi connectivity index (χ0) is 44.4. The predicted octanol–water partition coefficient (Wildman–Crippen LogP) is 16.7. The highest BCUT2D eigenvalue weighted by molar-refractivity contribution is 5.37.